The lowest BCUT2D eigenvalue weighted by Gasteiger charge is -2.37. The van der Waals surface area contributed by atoms with Crippen LogP contribution in [0, 0.1) is 0 Å². The number of hydrogen-bond acceptors (Lipinski definition) is 1. The first kappa shape index (κ1) is 14.6. The van der Waals surface area contributed by atoms with E-state index in [2.05, 4.69) is 79.7 Å². The highest BCUT2D eigenvalue weighted by Gasteiger charge is 2.36. The fourth-order valence-corrected chi connectivity index (χ4v) is 3.10. The summed E-state index contributed by atoms with van der Waals surface area (Å²) in [6.07, 6.45) is 0. The fourth-order valence-electron chi connectivity index (χ4n) is 3.10. The molecule has 0 spiro atoms. The third-order valence-electron chi connectivity index (χ3n) is 4.49. The van der Waals surface area contributed by atoms with Crippen LogP contribution in [0.15, 0.2) is 91.0 Å². The van der Waals surface area contributed by atoms with Crippen molar-refractivity contribution in [3.8, 4) is 0 Å². The van der Waals surface area contributed by atoms with Gasteiger partial charge in [0.25, 0.3) is 0 Å². The van der Waals surface area contributed by atoms with Crippen LogP contribution in [0.2, 0.25) is 0 Å². The van der Waals surface area contributed by atoms with E-state index in [0.29, 0.717) is 0 Å². The second-order valence-electron chi connectivity index (χ2n) is 5.73. The average Bonchev–Trinajstić information content (AvgIpc) is 2.62. The summed E-state index contributed by atoms with van der Waals surface area (Å²) >= 11 is 0. The van der Waals surface area contributed by atoms with Crippen LogP contribution in [-0.4, -0.2) is 0 Å². The van der Waals surface area contributed by atoms with Gasteiger partial charge in [-0.25, -0.2) is 0 Å². The summed E-state index contributed by atoms with van der Waals surface area (Å²) in [4.78, 5) is 0. The van der Waals surface area contributed by atoms with Crippen molar-refractivity contribution in [1.82, 2.24) is 0 Å². The summed E-state index contributed by atoms with van der Waals surface area (Å²) in [6, 6.07) is 31.2. The maximum absolute atomic E-state index is 7.02. The van der Waals surface area contributed by atoms with Gasteiger partial charge in [0.1, 0.15) is 0 Å². The van der Waals surface area contributed by atoms with Crippen molar-refractivity contribution in [2.45, 2.75) is 18.4 Å². The van der Waals surface area contributed by atoms with E-state index >= 15 is 0 Å². The normalized spacial score (nSPS) is 12.8. The van der Waals surface area contributed by atoms with Crippen molar-refractivity contribution >= 4 is 0 Å². The lowest BCUT2D eigenvalue weighted by molar-refractivity contribution is 0.448. The Morgan fingerprint density at radius 3 is 1.41 bits per heavy atom. The van der Waals surface area contributed by atoms with E-state index in [1.165, 1.54) is 5.56 Å². The first-order chi connectivity index (χ1) is 10.7. The largest absolute Gasteiger partial charge is 0.317 e. The molecule has 110 valence electrons. The number of benzene rings is 3. The third kappa shape index (κ3) is 2.56. The standard InChI is InChI=1S/C21H21N/c1-17(18-11-5-2-6-12-18)21(22,19-13-7-3-8-14-19)20-15-9-4-10-16-20/h2-17H,22H2,1H3. The summed E-state index contributed by atoms with van der Waals surface area (Å²) in [7, 11) is 0. The zero-order valence-corrected chi connectivity index (χ0v) is 12.8. The minimum absolute atomic E-state index is 0.165. The lowest BCUT2D eigenvalue weighted by Crippen LogP contribution is -2.43. The van der Waals surface area contributed by atoms with Crippen LogP contribution in [-0.2, 0) is 5.54 Å². The molecule has 2 N–H and O–H groups in total. The van der Waals surface area contributed by atoms with Gasteiger partial charge in [-0.3, -0.25) is 0 Å². The van der Waals surface area contributed by atoms with Crippen molar-refractivity contribution in [1.29, 1.82) is 0 Å². The van der Waals surface area contributed by atoms with Gasteiger partial charge in [-0.15, -0.1) is 0 Å². The zero-order chi connectivity index (χ0) is 15.4. The second kappa shape index (κ2) is 6.17. The SMILES string of the molecule is CC(c1ccccc1)C(N)(c1ccccc1)c1ccccc1. The highest BCUT2D eigenvalue weighted by atomic mass is 14.8. The smallest absolute Gasteiger partial charge is 0.0732 e. The molecule has 0 amide bonds. The topological polar surface area (TPSA) is 26.0 Å². The van der Waals surface area contributed by atoms with Crippen LogP contribution in [0.5, 0.6) is 0 Å². The molecule has 0 radical (unpaired) electrons. The van der Waals surface area contributed by atoms with E-state index in [1.54, 1.807) is 0 Å². The molecule has 3 aromatic carbocycles. The summed E-state index contributed by atoms with van der Waals surface area (Å²) in [5, 5.41) is 0. The molecule has 0 aliphatic rings. The number of rotatable bonds is 4. The molecule has 0 bridgehead atoms. The van der Waals surface area contributed by atoms with Crippen molar-refractivity contribution in [2.75, 3.05) is 0 Å². The van der Waals surface area contributed by atoms with Gasteiger partial charge in [0.15, 0.2) is 0 Å². The fraction of sp³-hybridized carbons (Fsp3) is 0.143. The van der Waals surface area contributed by atoms with Crippen molar-refractivity contribution in [3.05, 3.63) is 108 Å². The number of nitrogens with two attached hydrogens (primary N) is 1. The van der Waals surface area contributed by atoms with Gasteiger partial charge in [-0.2, -0.15) is 0 Å². The molecule has 22 heavy (non-hydrogen) atoms. The van der Waals surface area contributed by atoms with Crippen molar-refractivity contribution in [2.24, 2.45) is 5.73 Å². The van der Waals surface area contributed by atoms with E-state index < -0.39 is 5.54 Å². The van der Waals surface area contributed by atoms with Crippen LogP contribution in [0.25, 0.3) is 0 Å². The summed E-state index contributed by atoms with van der Waals surface area (Å²) in [5.41, 5.74) is 9.99. The Morgan fingerprint density at radius 1 is 0.636 bits per heavy atom. The Bertz CT molecular complexity index is 665. The minimum Gasteiger partial charge on any atom is -0.317 e. The van der Waals surface area contributed by atoms with E-state index in [4.69, 9.17) is 5.73 Å². The van der Waals surface area contributed by atoms with Gasteiger partial charge in [-0.05, 0) is 16.7 Å². The van der Waals surface area contributed by atoms with E-state index in [1.807, 2.05) is 18.2 Å². The third-order valence-corrected chi connectivity index (χ3v) is 4.49. The average molecular weight is 287 g/mol. The van der Waals surface area contributed by atoms with Crippen LogP contribution in [0.1, 0.15) is 29.5 Å². The summed E-state index contributed by atoms with van der Waals surface area (Å²) < 4.78 is 0. The first-order valence-corrected chi connectivity index (χ1v) is 7.68. The van der Waals surface area contributed by atoms with Crippen LogP contribution < -0.4 is 5.73 Å². The van der Waals surface area contributed by atoms with Crippen molar-refractivity contribution in [3.63, 3.8) is 0 Å². The molecule has 3 rings (SSSR count). The Kier molecular flexibility index (Phi) is 4.08. The Morgan fingerprint density at radius 2 is 1.00 bits per heavy atom. The molecule has 0 aromatic heterocycles. The molecule has 0 saturated carbocycles. The Labute approximate surface area is 132 Å². The van der Waals surface area contributed by atoms with Crippen LogP contribution in [0.4, 0.5) is 0 Å². The monoisotopic (exact) mass is 287 g/mol. The molecular formula is C21H21N. The predicted molar refractivity (Wildman–Crippen MR) is 92.7 cm³/mol. The molecule has 1 nitrogen and oxygen atoms in total. The van der Waals surface area contributed by atoms with Gasteiger partial charge in [-0.1, -0.05) is 97.9 Å². The molecular weight excluding hydrogens is 266 g/mol. The molecule has 3 aromatic rings. The molecule has 1 unspecified atom stereocenters. The zero-order valence-electron chi connectivity index (χ0n) is 12.8. The van der Waals surface area contributed by atoms with Gasteiger partial charge in [0, 0.05) is 5.92 Å². The van der Waals surface area contributed by atoms with Crippen LogP contribution >= 0.6 is 0 Å². The maximum atomic E-state index is 7.02. The Hall–Kier alpha value is -2.38. The molecule has 0 aliphatic heterocycles. The molecule has 0 heterocycles. The predicted octanol–water partition coefficient (Wildman–Crippen LogP) is 4.69. The molecule has 0 fully saturated rings. The quantitative estimate of drug-likeness (QED) is 0.740. The lowest BCUT2D eigenvalue weighted by atomic mass is 9.72. The molecule has 1 atom stereocenters. The number of hydrogen-bond donors (Lipinski definition) is 1. The maximum Gasteiger partial charge on any atom is 0.0732 e. The minimum atomic E-state index is -0.552. The first-order valence-electron chi connectivity index (χ1n) is 7.68. The van der Waals surface area contributed by atoms with Gasteiger partial charge in [0.2, 0.25) is 0 Å². The van der Waals surface area contributed by atoms with Gasteiger partial charge >= 0.3 is 0 Å². The van der Waals surface area contributed by atoms with E-state index in [-0.39, 0.29) is 5.92 Å². The highest BCUT2D eigenvalue weighted by molar-refractivity contribution is 5.43. The van der Waals surface area contributed by atoms with Gasteiger partial charge < -0.3 is 5.73 Å². The van der Waals surface area contributed by atoms with E-state index in [0.717, 1.165) is 11.1 Å². The van der Waals surface area contributed by atoms with Crippen molar-refractivity contribution < 1.29 is 0 Å². The summed E-state index contributed by atoms with van der Waals surface area (Å²) in [5.74, 6) is 0.165. The van der Waals surface area contributed by atoms with Gasteiger partial charge in [0.05, 0.1) is 5.54 Å². The summed E-state index contributed by atoms with van der Waals surface area (Å²) in [6.45, 7) is 2.20. The second-order valence-corrected chi connectivity index (χ2v) is 5.73. The van der Waals surface area contributed by atoms with E-state index in [9.17, 15) is 0 Å². The molecule has 0 aliphatic carbocycles. The Balaban J connectivity index is 2.16. The molecule has 1 heteroatoms. The molecule has 0 saturated heterocycles. The van der Waals surface area contributed by atoms with Crippen LogP contribution in [0.3, 0.4) is 0 Å². The highest BCUT2D eigenvalue weighted by Crippen LogP contribution is 2.39.